The van der Waals surface area contributed by atoms with Crippen LogP contribution < -0.4 is 5.32 Å². The maximum atomic E-state index is 12.2. The van der Waals surface area contributed by atoms with Gasteiger partial charge in [-0.25, -0.2) is 8.42 Å². The summed E-state index contributed by atoms with van der Waals surface area (Å²) in [5, 5.41) is 2.07. The Morgan fingerprint density at radius 2 is 1.89 bits per heavy atom. The fourth-order valence-corrected chi connectivity index (χ4v) is 2.92. The fraction of sp³-hybridized carbons (Fsp3) is 0.417. The lowest BCUT2D eigenvalue weighted by Crippen LogP contribution is -2.38. The molecule has 18 heavy (non-hydrogen) atoms. The number of rotatable bonds is 4. The smallest absolute Gasteiger partial charge is 0.238 e. The van der Waals surface area contributed by atoms with E-state index in [2.05, 4.69) is 5.32 Å². The van der Waals surface area contributed by atoms with E-state index in [1.165, 1.54) is 31.2 Å². The number of nitrogens with one attached hydrogen (secondary N) is 1. The highest BCUT2D eigenvalue weighted by Crippen LogP contribution is 2.22. The van der Waals surface area contributed by atoms with Gasteiger partial charge in [-0.1, -0.05) is 11.6 Å². The molecule has 4 nitrogen and oxygen atoms in total. The average molecular weight is 288 g/mol. The van der Waals surface area contributed by atoms with Crippen LogP contribution in [-0.4, -0.2) is 25.6 Å². The molecule has 0 bridgehead atoms. The summed E-state index contributed by atoms with van der Waals surface area (Å²) in [5.41, 5.74) is 0. The van der Waals surface area contributed by atoms with E-state index in [0.29, 0.717) is 5.02 Å². The molecule has 0 radical (unpaired) electrons. The first kappa shape index (κ1) is 13.4. The molecule has 0 aliphatic heterocycles. The summed E-state index contributed by atoms with van der Waals surface area (Å²) >= 11 is 5.71. The Morgan fingerprint density at radius 3 is 2.39 bits per heavy atom. The maximum Gasteiger partial charge on any atom is 0.238 e. The summed E-state index contributed by atoms with van der Waals surface area (Å²) in [6, 6.07) is 5.98. The van der Waals surface area contributed by atoms with Gasteiger partial charge < -0.3 is 5.32 Å². The zero-order valence-electron chi connectivity index (χ0n) is 9.89. The van der Waals surface area contributed by atoms with E-state index in [1.54, 1.807) is 0 Å². The minimum Gasteiger partial charge on any atom is -0.352 e. The maximum absolute atomic E-state index is 12.2. The fourth-order valence-electron chi connectivity index (χ4n) is 1.52. The minimum atomic E-state index is -3.64. The number of amides is 1. The summed E-state index contributed by atoms with van der Waals surface area (Å²) in [4.78, 5) is 11.9. The Bertz CT molecular complexity index is 549. The summed E-state index contributed by atoms with van der Waals surface area (Å²) < 4.78 is 24.4. The molecule has 1 amide bonds. The Morgan fingerprint density at radius 1 is 1.33 bits per heavy atom. The lowest BCUT2D eigenvalue weighted by Gasteiger charge is -2.13. The Kier molecular flexibility index (Phi) is 3.64. The van der Waals surface area contributed by atoms with Crippen LogP contribution in [0.2, 0.25) is 5.02 Å². The highest BCUT2D eigenvalue weighted by atomic mass is 35.5. The summed E-state index contributed by atoms with van der Waals surface area (Å²) in [6.07, 6.45) is 1.86. The van der Waals surface area contributed by atoms with Crippen molar-refractivity contribution in [2.75, 3.05) is 0 Å². The van der Waals surface area contributed by atoms with Gasteiger partial charge in [0.05, 0.1) is 4.90 Å². The molecule has 1 N–H and O–H groups in total. The molecular weight excluding hydrogens is 274 g/mol. The first-order valence-corrected chi connectivity index (χ1v) is 7.63. The lowest BCUT2D eigenvalue weighted by atomic mass is 10.4. The third kappa shape index (κ3) is 2.84. The molecule has 1 aliphatic rings. The van der Waals surface area contributed by atoms with E-state index in [-0.39, 0.29) is 10.9 Å². The van der Waals surface area contributed by atoms with Gasteiger partial charge in [0.1, 0.15) is 5.25 Å². The van der Waals surface area contributed by atoms with Gasteiger partial charge in [-0.3, -0.25) is 4.79 Å². The van der Waals surface area contributed by atoms with E-state index < -0.39 is 21.0 Å². The molecule has 98 valence electrons. The Hall–Kier alpha value is -1.07. The molecule has 0 heterocycles. The van der Waals surface area contributed by atoms with Crippen LogP contribution in [0.4, 0.5) is 0 Å². The molecule has 0 spiro atoms. The summed E-state index contributed by atoms with van der Waals surface area (Å²) in [5.74, 6) is -0.438. The molecule has 1 saturated carbocycles. The van der Waals surface area contributed by atoms with Crippen molar-refractivity contribution >= 4 is 27.3 Å². The minimum absolute atomic E-state index is 0.116. The van der Waals surface area contributed by atoms with E-state index >= 15 is 0 Å². The lowest BCUT2D eigenvalue weighted by molar-refractivity contribution is -0.120. The predicted molar refractivity (Wildman–Crippen MR) is 69.3 cm³/mol. The number of benzene rings is 1. The number of hydrogen-bond acceptors (Lipinski definition) is 3. The van der Waals surface area contributed by atoms with Crippen molar-refractivity contribution in [1.29, 1.82) is 0 Å². The molecule has 1 aliphatic carbocycles. The largest absolute Gasteiger partial charge is 0.352 e. The van der Waals surface area contributed by atoms with Gasteiger partial charge in [0.25, 0.3) is 0 Å². The van der Waals surface area contributed by atoms with Crippen LogP contribution >= 0.6 is 11.6 Å². The molecular formula is C12H14ClNO3S. The molecule has 0 saturated heterocycles. The van der Waals surface area contributed by atoms with Gasteiger partial charge in [-0.15, -0.1) is 0 Å². The standard InChI is InChI=1S/C12H14ClNO3S/c1-8(12(15)14-10-4-5-10)18(16,17)11-6-2-9(13)3-7-11/h2-3,6-8,10H,4-5H2,1H3,(H,14,15). The highest BCUT2D eigenvalue weighted by Gasteiger charge is 2.33. The van der Waals surface area contributed by atoms with E-state index in [0.717, 1.165) is 12.8 Å². The Balaban J connectivity index is 2.18. The van der Waals surface area contributed by atoms with Crippen LogP contribution in [0.3, 0.4) is 0 Å². The first-order valence-electron chi connectivity index (χ1n) is 5.71. The Labute approximate surface area is 111 Å². The molecule has 1 aromatic rings. The van der Waals surface area contributed by atoms with E-state index in [4.69, 9.17) is 11.6 Å². The quantitative estimate of drug-likeness (QED) is 0.918. The number of hydrogen-bond donors (Lipinski definition) is 1. The van der Waals surface area contributed by atoms with Crippen LogP contribution in [0.5, 0.6) is 0 Å². The topological polar surface area (TPSA) is 63.2 Å². The van der Waals surface area contributed by atoms with Gasteiger partial charge in [0.2, 0.25) is 5.91 Å². The van der Waals surface area contributed by atoms with Gasteiger partial charge in [0.15, 0.2) is 9.84 Å². The van der Waals surface area contributed by atoms with E-state index in [9.17, 15) is 13.2 Å². The van der Waals surface area contributed by atoms with Crippen LogP contribution in [0.25, 0.3) is 0 Å². The second-order valence-corrected chi connectivity index (χ2v) is 7.13. The summed E-state index contributed by atoms with van der Waals surface area (Å²) in [7, 11) is -3.64. The third-order valence-electron chi connectivity index (χ3n) is 2.90. The average Bonchev–Trinajstić information content (AvgIpc) is 3.12. The van der Waals surface area contributed by atoms with E-state index in [1.807, 2.05) is 0 Å². The van der Waals surface area contributed by atoms with Crippen LogP contribution in [0.1, 0.15) is 19.8 Å². The second-order valence-electron chi connectivity index (χ2n) is 4.42. The normalized spacial score (nSPS) is 17.2. The van der Waals surface area contributed by atoms with Gasteiger partial charge >= 0.3 is 0 Å². The van der Waals surface area contributed by atoms with Crippen molar-refractivity contribution in [3.63, 3.8) is 0 Å². The molecule has 1 fully saturated rings. The van der Waals surface area contributed by atoms with Crippen molar-refractivity contribution < 1.29 is 13.2 Å². The van der Waals surface area contributed by atoms with Crippen molar-refractivity contribution in [3.8, 4) is 0 Å². The number of carbonyl (C=O) groups excluding carboxylic acids is 1. The SMILES string of the molecule is CC(C(=O)NC1CC1)S(=O)(=O)c1ccc(Cl)cc1. The third-order valence-corrected chi connectivity index (χ3v) is 5.23. The zero-order chi connectivity index (χ0) is 13.3. The van der Waals surface area contributed by atoms with Gasteiger partial charge in [0, 0.05) is 11.1 Å². The van der Waals surface area contributed by atoms with Gasteiger partial charge in [-0.05, 0) is 44.0 Å². The van der Waals surface area contributed by atoms with Crippen LogP contribution in [-0.2, 0) is 14.6 Å². The van der Waals surface area contributed by atoms with Crippen LogP contribution in [0, 0.1) is 0 Å². The van der Waals surface area contributed by atoms with Crippen molar-refractivity contribution in [2.24, 2.45) is 0 Å². The number of carbonyl (C=O) groups is 1. The first-order chi connectivity index (χ1) is 8.41. The predicted octanol–water partition coefficient (Wildman–Crippen LogP) is 1.78. The second kappa shape index (κ2) is 4.90. The highest BCUT2D eigenvalue weighted by molar-refractivity contribution is 7.92. The molecule has 6 heteroatoms. The van der Waals surface area contributed by atoms with Gasteiger partial charge in [-0.2, -0.15) is 0 Å². The van der Waals surface area contributed by atoms with Crippen molar-refractivity contribution in [3.05, 3.63) is 29.3 Å². The molecule has 1 unspecified atom stereocenters. The van der Waals surface area contributed by atoms with Crippen LogP contribution in [0.15, 0.2) is 29.2 Å². The molecule has 2 rings (SSSR count). The monoisotopic (exact) mass is 287 g/mol. The molecule has 1 aromatic carbocycles. The van der Waals surface area contributed by atoms with Crippen molar-refractivity contribution in [1.82, 2.24) is 5.32 Å². The number of halogens is 1. The molecule has 0 aromatic heterocycles. The number of sulfone groups is 1. The molecule has 1 atom stereocenters. The summed E-state index contributed by atoms with van der Waals surface area (Å²) in [6.45, 7) is 1.40. The van der Waals surface area contributed by atoms with Crippen molar-refractivity contribution in [2.45, 2.75) is 36.0 Å². The zero-order valence-corrected chi connectivity index (χ0v) is 11.5.